The van der Waals surface area contributed by atoms with Crippen LogP contribution in [0.4, 0.5) is 0 Å². The van der Waals surface area contributed by atoms with Gasteiger partial charge in [0.05, 0.1) is 45.2 Å². The Labute approximate surface area is 312 Å². The molecule has 0 saturated heterocycles. The normalized spacial score (nSPS) is 21.3. The fourth-order valence-corrected chi connectivity index (χ4v) is 7.28. The Hall–Kier alpha value is -3.36. The molecule has 0 aromatic heterocycles. The lowest BCUT2D eigenvalue weighted by atomic mass is 9.90. The Kier molecular flexibility index (Phi) is 16.9. The van der Waals surface area contributed by atoms with Crippen molar-refractivity contribution in [2.24, 2.45) is 11.8 Å². The second-order valence-electron chi connectivity index (χ2n) is 14.5. The number of fused-ring (bicyclic) bond motifs is 2. The molecular weight excluding hydrogens is 649 g/mol. The predicted octanol–water partition coefficient (Wildman–Crippen LogP) is 9.29. The molecule has 6 heteroatoms. The van der Waals surface area contributed by atoms with Crippen molar-refractivity contribution >= 4 is 0 Å². The van der Waals surface area contributed by atoms with Crippen molar-refractivity contribution in [3.05, 3.63) is 143 Å². The van der Waals surface area contributed by atoms with E-state index in [4.69, 9.17) is 28.8 Å². The summed E-state index contributed by atoms with van der Waals surface area (Å²) in [5.74, 6) is 0.657. The monoisotopic (exact) mass is 708 g/mol. The first-order valence-corrected chi connectivity index (χ1v) is 19.3. The predicted molar refractivity (Wildman–Crippen MR) is 208 cm³/mol. The molecule has 1 N–H and O–H groups in total. The van der Waals surface area contributed by atoms with Crippen LogP contribution in [-0.4, -0.2) is 49.8 Å². The number of benzene rings is 4. The van der Waals surface area contributed by atoms with Gasteiger partial charge in [-0.05, 0) is 71.9 Å². The molecule has 1 fully saturated rings. The number of ether oxygens (including phenoxy) is 5. The summed E-state index contributed by atoms with van der Waals surface area (Å²) in [4.78, 5) is 0. The highest BCUT2D eigenvalue weighted by Crippen LogP contribution is 2.28. The molecule has 280 valence electrons. The average molecular weight is 709 g/mol. The summed E-state index contributed by atoms with van der Waals surface area (Å²) in [6.07, 6.45) is 7.10. The van der Waals surface area contributed by atoms with Crippen LogP contribution in [-0.2, 0) is 63.0 Å². The van der Waals surface area contributed by atoms with Gasteiger partial charge >= 0.3 is 0 Å². The number of aliphatic hydroxyl groups is 1. The number of methoxy groups -OCH3 is 1. The van der Waals surface area contributed by atoms with E-state index in [0.717, 1.165) is 24.0 Å². The van der Waals surface area contributed by atoms with Crippen LogP contribution in [0.25, 0.3) is 0 Å². The van der Waals surface area contributed by atoms with E-state index in [0.29, 0.717) is 45.6 Å². The van der Waals surface area contributed by atoms with E-state index in [1.54, 1.807) is 7.11 Å². The first kappa shape index (κ1) is 39.8. The molecule has 0 radical (unpaired) electrons. The minimum absolute atomic E-state index is 0.0148. The Morgan fingerprint density at radius 1 is 0.692 bits per heavy atom. The average Bonchev–Trinajstić information content (AvgIpc) is 3.20. The lowest BCUT2D eigenvalue weighted by Gasteiger charge is -2.39. The molecule has 0 amide bonds. The minimum atomic E-state index is -0.417. The molecule has 4 aromatic carbocycles. The molecule has 1 aliphatic carbocycles. The fourth-order valence-electron chi connectivity index (χ4n) is 7.28. The van der Waals surface area contributed by atoms with Gasteiger partial charge in [0.2, 0.25) is 0 Å². The van der Waals surface area contributed by atoms with Crippen LogP contribution in [0.1, 0.15) is 79.3 Å². The second kappa shape index (κ2) is 22.0. The molecule has 1 saturated carbocycles. The molecule has 1 aliphatic heterocycles. The number of rotatable bonds is 10. The molecule has 4 aromatic rings. The van der Waals surface area contributed by atoms with Gasteiger partial charge in [-0.2, -0.15) is 0 Å². The van der Waals surface area contributed by atoms with Crippen LogP contribution in [0.3, 0.4) is 0 Å². The van der Waals surface area contributed by atoms with E-state index in [9.17, 15) is 0 Å². The van der Waals surface area contributed by atoms with E-state index < -0.39 is 6.10 Å². The fraction of sp³-hybridized carbons (Fsp3) is 0.478. The zero-order valence-corrected chi connectivity index (χ0v) is 31.5. The summed E-state index contributed by atoms with van der Waals surface area (Å²) in [6.45, 7) is 7.08. The SMILES string of the molecule is COC(C)C(OCc1ccccc1)C1OCc2ccccc2CCc2ccccc2COCC(C)C1OCc1ccccc1.OCC1CCCCC1. The Morgan fingerprint density at radius 3 is 1.79 bits per heavy atom. The van der Waals surface area contributed by atoms with Gasteiger partial charge in [0.25, 0.3) is 0 Å². The number of hydrogen-bond acceptors (Lipinski definition) is 6. The third kappa shape index (κ3) is 12.4. The van der Waals surface area contributed by atoms with Crippen molar-refractivity contribution in [1.29, 1.82) is 0 Å². The first-order valence-electron chi connectivity index (χ1n) is 19.3. The third-order valence-electron chi connectivity index (χ3n) is 10.6. The number of aryl methyl sites for hydroxylation is 2. The van der Waals surface area contributed by atoms with Crippen molar-refractivity contribution in [2.45, 2.75) is 110 Å². The van der Waals surface area contributed by atoms with Gasteiger partial charge < -0.3 is 28.8 Å². The quantitative estimate of drug-likeness (QED) is 0.177. The molecule has 0 bridgehead atoms. The molecule has 5 unspecified atom stereocenters. The molecule has 5 atom stereocenters. The molecule has 6 rings (SSSR count). The number of hydrogen-bond donors (Lipinski definition) is 1. The lowest BCUT2D eigenvalue weighted by Crippen LogP contribution is -2.51. The number of aliphatic hydroxyl groups excluding tert-OH is 1. The van der Waals surface area contributed by atoms with E-state index in [2.05, 4.69) is 79.7 Å². The molecular formula is C46H60O6. The van der Waals surface area contributed by atoms with Gasteiger partial charge in [-0.25, -0.2) is 0 Å². The summed E-state index contributed by atoms with van der Waals surface area (Å²) in [5, 5.41) is 8.69. The minimum Gasteiger partial charge on any atom is -0.396 e. The van der Waals surface area contributed by atoms with E-state index >= 15 is 0 Å². The van der Waals surface area contributed by atoms with Crippen LogP contribution < -0.4 is 0 Å². The maximum atomic E-state index is 8.69. The summed E-state index contributed by atoms with van der Waals surface area (Å²) < 4.78 is 32.8. The Morgan fingerprint density at radius 2 is 1.23 bits per heavy atom. The van der Waals surface area contributed by atoms with Crippen LogP contribution in [0.2, 0.25) is 0 Å². The summed E-state index contributed by atoms with van der Waals surface area (Å²) >= 11 is 0. The third-order valence-corrected chi connectivity index (χ3v) is 10.6. The Balaban J connectivity index is 0.000000577. The zero-order valence-electron chi connectivity index (χ0n) is 31.5. The van der Waals surface area contributed by atoms with Crippen LogP contribution >= 0.6 is 0 Å². The highest BCUT2D eigenvalue weighted by Gasteiger charge is 2.39. The van der Waals surface area contributed by atoms with E-state index in [1.165, 1.54) is 54.4 Å². The van der Waals surface area contributed by atoms with Crippen LogP contribution in [0.5, 0.6) is 0 Å². The van der Waals surface area contributed by atoms with Crippen LogP contribution in [0.15, 0.2) is 109 Å². The van der Waals surface area contributed by atoms with Crippen molar-refractivity contribution in [2.75, 3.05) is 20.3 Å². The molecule has 2 aliphatic rings. The highest BCUT2D eigenvalue weighted by atomic mass is 16.6. The summed E-state index contributed by atoms with van der Waals surface area (Å²) in [7, 11) is 1.73. The first-order chi connectivity index (χ1) is 25.6. The second-order valence-corrected chi connectivity index (χ2v) is 14.5. The Bertz CT molecular complexity index is 1540. The maximum Gasteiger partial charge on any atom is 0.113 e. The zero-order chi connectivity index (χ0) is 36.4. The lowest BCUT2D eigenvalue weighted by molar-refractivity contribution is -0.194. The topological polar surface area (TPSA) is 66.4 Å². The van der Waals surface area contributed by atoms with Crippen molar-refractivity contribution in [1.82, 2.24) is 0 Å². The van der Waals surface area contributed by atoms with Gasteiger partial charge in [0.15, 0.2) is 0 Å². The summed E-state index contributed by atoms with van der Waals surface area (Å²) in [6, 6.07) is 37.7. The van der Waals surface area contributed by atoms with Gasteiger partial charge in [0.1, 0.15) is 12.2 Å². The highest BCUT2D eigenvalue weighted by molar-refractivity contribution is 5.31. The van der Waals surface area contributed by atoms with Gasteiger partial charge in [-0.3, -0.25) is 0 Å². The molecule has 1 heterocycles. The summed E-state index contributed by atoms with van der Waals surface area (Å²) in [5.41, 5.74) is 7.25. The largest absolute Gasteiger partial charge is 0.396 e. The van der Waals surface area contributed by atoms with Crippen molar-refractivity contribution < 1.29 is 28.8 Å². The van der Waals surface area contributed by atoms with Crippen molar-refractivity contribution in [3.8, 4) is 0 Å². The van der Waals surface area contributed by atoms with Gasteiger partial charge in [-0.15, -0.1) is 0 Å². The van der Waals surface area contributed by atoms with E-state index in [1.807, 2.05) is 43.3 Å². The maximum absolute atomic E-state index is 8.69. The van der Waals surface area contributed by atoms with Crippen LogP contribution in [0, 0.1) is 11.8 Å². The molecule has 0 spiro atoms. The smallest absolute Gasteiger partial charge is 0.113 e. The standard InChI is InChI=1S/C39H46O5.C7H14O/c1-29-24-41-27-35-20-12-10-18-33(35)22-23-34-19-11-13-21-36(34)28-44-39(37(29)42-25-31-14-6-4-7-15-31)38(30(2)40-3)43-26-32-16-8-5-9-17-32;8-6-7-4-2-1-3-5-7/h4-21,29-30,37-39H,22-28H2,1-3H3;7-8H,1-6H2. The van der Waals surface area contributed by atoms with Crippen molar-refractivity contribution in [3.63, 3.8) is 0 Å². The van der Waals surface area contributed by atoms with E-state index in [-0.39, 0.29) is 24.2 Å². The molecule has 6 nitrogen and oxygen atoms in total. The molecule has 52 heavy (non-hydrogen) atoms. The van der Waals surface area contributed by atoms with Gasteiger partial charge in [-0.1, -0.05) is 135 Å². The van der Waals surface area contributed by atoms with Gasteiger partial charge in [0, 0.05) is 19.6 Å².